The number of para-hydroxylation sites is 3. The minimum atomic E-state index is -2.89. The van der Waals surface area contributed by atoms with Crippen LogP contribution in [0.15, 0.2) is 419 Å². The van der Waals surface area contributed by atoms with E-state index in [0.29, 0.717) is 0 Å². The Labute approximate surface area is 833 Å². The molecule has 0 saturated carbocycles. The van der Waals surface area contributed by atoms with Crippen LogP contribution in [0.1, 0.15) is 0 Å². The number of hydrogen-bond acceptors (Lipinski definition) is 9. The third-order valence-electron chi connectivity index (χ3n) is 29.9. The van der Waals surface area contributed by atoms with Gasteiger partial charge in [-0.25, -0.2) is 0 Å². The van der Waals surface area contributed by atoms with Crippen molar-refractivity contribution in [2.24, 2.45) is 0 Å². The molecular weight excluding hydrogens is 1950 g/mol. The van der Waals surface area contributed by atoms with Gasteiger partial charge in [0.1, 0.15) is 0 Å². The van der Waals surface area contributed by atoms with Crippen molar-refractivity contribution in [2.45, 2.75) is 34.5 Å². The summed E-state index contributed by atoms with van der Waals surface area (Å²) < 4.78 is 24.0. The van der Waals surface area contributed by atoms with Crippen LogP contribution in [0.5, 0.6) is 0 Å². The number of nitrogens with zero attached hydrogens (tertiary/aromatic N) is 9. The summed E-state index contributed by atoms with van der Waals surface area (Å²) in [6.07, 6.45) is 0. The summed E-state index contributed by atoms with van der Waals surface area (Å²) in [5.74, 6) is 17.4. The molecule has 18 aromatic carbocycles. The Morgan fingerprint density at radius 1 is 0.191 bits per heavy atom. The first-order valence-corrected chi connectivity index (χ1v) is 69.6. The van der Waals surface area contributed by atoms with Gasteiger partial charge in [-0.15, -0.1) is 0 Å². The van der Waals surface area contributed by atoms with Crippen molar-refractivity contribution >= 4 is 226 Å². The summed E-state index contributed by atoms with van der Waals surface area (Å²) in [5, 5.41) is 15.9. The van der Waals surface area contributed by atoms with Crippen molar-refractivity contribution in [3.8, 4) is 119 Å². The van der Waals surface area contributed by atoms with Gasteiger partial charge in [-0.3, -0.25) is 0 Å². The van der Waals surface area contributed by atoms with Crippen molar-refractivity contribution in [2.75, 3.05) is 0 Å². The molecule has 0 fully saturated rings. The predicted molar refractivity (Wildman–Crippen MR) is 607 cm³/mol. The van der Waals surface area contributed by atoms with Gasteiger partial charge in [0, 0.05) is 0 Å². The molecule has 0 bridgehead atoms. The Balaban J connectivity index is 0.000000104. The average Bonchev–Trinajstić information content (AvgIpc) is 1.54. The Bertz CT molecular complexity index is 9710. The standard InChI is InChI=1S/3C42H29GeN3S/c1-43(2)33-25-28(46-34-19-11-9-18-32(34)37-35(46)24-23-30-29-17-10-12-20-36(29)47-41(30)37)21-22-31(33)40-38(43)39(26-13-5-3-6-14-26)44-42(45-40)27-15-7-4-8-16-27;1-43(2)34-23-28(46-35-19-11-9-17-29(35)32-25-38-33(24-36(32)46)30-18-10-12-20-37(30)47-38)21-22-31(34)41-39(43)40(26-13-5-3-6-14-26)44-42(45-41)27-15-7-4-8-16-27;1-43(2)32-25-28(46-33-19-11-9-17-30(33)37-34(46)23-24-36-38(37)31-18-10-12-20-35(31)47-36)21-22-29(32)41-39(43)40(26-13-5-3-6-14-26)44-42(45-41)27-15-7-4-8-16-27/h3*3-25H,1-2H3. The van der Waals surface area contributed by atoms with E-state index in [2.05, 4.69) is 449 Å². The minimum absolute atomic E-state index is 0.785. The molecule has 0 N–H and O–H groups in total. The van der Waals surface area contributed by atoms with Gasteiger partial charge in [-0.05, 0) is 0 Å². The molecule has 0 aliphatic carbocycles. The van der Waals surface area contributed by atoms with Crippen LogP contribution in [0, 0.1) is 0 Å². The van der Waals surface area contributed by atoms with E-state index in [1.165, 1.54) is 186 Å². The second kappa shape index (κ2) is 32.5. The molecule has 0 saturated heterocycles. The first kappa shape index (κ1) is 84.0. The van der Waals surface area contributed by atoms with Crippen LogP contribution in [-0.4, -0.2) is 83.4 Å². The first-order chi connectivity index (χ1) is 69.2. The van der Waals surface area contributed by atoms with Crippen LogP contribution >= 0.6 is 34.0 Å². The molecule has 9 aromatic heterocycles. The number of aromatic nitrogens is 9. The molecule has 0 spiro atoms. The second-order valence-electron chi connectivity index (χ2n) is 39.0. The molecule has 0 atom stereocenters. The van der Waals surface area contributed by atoms with Crippen molar-refractivity contribution in [1.82, 2.24) is 43.6 Å². The molecule has 15 heteroatoms. The molecular formula is C126H87Ge3N9S3. The molecule has 3 aliphatic rings. The molecule has 141 heavy (non-hydrogen) atoms. The van der Waals surface area contributed by atoms with E-state index >= 15 is 0 Å². The normalized spacial score (nSPS) is 13.5. The zero-order valence-electron chi connectivity index (χ0n) is 78.1. The van der Waals surface area contributed by atoms with Crippen LogP contribution in [0.2, 0.25) is 34.5 Å². The number of thiophene rings is 3. The SMILES string of the molecule is [CH3][Ge]1([CH3])[c]2cc(-n3c4ccccc4c4c5c(ccc43)sc3ccccc35)ccc2-c2nc(-c3ccccc3)nc(-c3ccccc3)[c]21.[CH3][Ge]1([CH3])[c]2cc(-n3c4ccccc4c4c5sc6ccccc6c5ccc43)ccc2-c2nc(-c3ccccc3)nc(-c3ccccc3)[c]21.[CH3][Ge]1([CH3])[c]2cc(-n3c4ccccc4c4cc5sc6ccccc6c5cc43)ccc2-c2nc(-c3ccccc3)nc(-c3ccccc3)[c]21. The Morgan fingerprint density at radius 3 is 0.950 bits per heavy atom. The van der Waals surface area contributed by atoms with E-state index in [9.17, 15) is 0 Å². The molecule has 9 nitrogen and oxygen atoms in total. The molecule has 666 valence electrons. The Morgan fingerprint density at radius 2 is 0.511 bits per heavy atom. The fourth-order valence-corrected chi connectivity index (χ4v) is 47.2. The van der Waals surface area contributed by atoms with Crippen LogP contribution in [0.4, 0.5) is 0 Å². The van der Waals surface area contributed by atoms with Gasteiger partial charge in [0.2, 0.25) is 0 Å². The third-order valence-corrected chi connectivity index (χ3v) is 55.3. The first-order valence-electron chi connectivity index (χ1n) is 48.3. The van der Waals surface area contributed by atoms with Gasteiger partial charge < -0.3 is 0 Å². The van der Waals surface area contributed by atoms with Crippen LogP contribution in [0.25, 0.3) is 245 Å². The summed E-state index contributed by atoms with van der Waals surface area (Å²) in [5.41, 5.74) is 28.1. The molecule has 0 amide bonds. The summed E-state index contributed by atoms with van der Waals surface area (Å²) in [7, 11) is 0. The maximum absolute atomic E-state index is 5.33. The van der Waals surface area contributed by atoms with E-state index in [-0.39, 0.29) is 0 Å². The number of hydrogen-bond donors (Lipinski definition) is 0. The molecule has 12 heterocycles. The topological polar surface area (TPSA) is 92.1 Å². The van der Waals surface area contributed by atoms with E-state index < -0.39 is 39.8 Å². The zero-order valence-corrected chi connectivity index (χ0v) is 86.8. The predicted octanol–water partition coefficient (Wildman–Crippen LogP) is 30.2. The zero-order chi connectivity index (χ0) is 93.8. The molecule has 0 unspecified atom stereocenters. The monoisotopic (exact) mass is 2040 g/mol. The van der Waals surface area contributed by atoms with Crippen LogP contribution in [-0.2, 0) is 0 Å². The summed E-state index contributed by atoms with van der Waals surface area (Å²) >= 11 is -2.98. The fourth-order valence-electron chi connectivity index (χ4n) is 23.4. The number of fused-ring (bicyclic) bond motifs is 29. The number of rotatable bonds is 9. The number of benzene rings is 18. The van der Waals surface area contributed by atoms with Gasteiger partial charge in [0.25, 0.3) is 0 Å². The van der Waals surface area contributed by atoms with Crippen LogP contribution in [0.3, 0.4) is 0 Å². The maximum atomic E-state index is 5.33. The van der Waals surface area contributed by atoms with Crippen molar-refractivity contribution < 1.29 is 0 Å². The summed E-state index contributed by atoms with van der Waals surface area (Å²) in [6.45, 7) is 0. The van der Waals surface area contributed by atoms with E-state index in [0.717, 1.165) is 85.0 Å². The van der Waals surface area contributed by atoms with Crippen molar-refractivity contribution in [3.05, 3.63) is 419 Å². The molecule has 30 rings (SSSR count). The molecule has 3 aliphatic heterocycles. The van der Waals surface area contributed by atoms with Gasteiger partial charge >= 0.3 is 842 Å². The summed E-state index contributed by atoms with van der Waals surface area (Å²) in [6, 6.07) is 152. The van der Waals surface area contributed by atoms with E-state index in [1.807, 2.05) is 52.2 Å². The van der Waals surface area contributed by atoms with Gasteiger partial charge in [0.15, 0.2) is 0 Å². The average molecular weight is 2040 g/mol. The quantitative estimate of drug-likeness (QED) is 0.134. The molecule has 27 aromatic rings. The molecule has 0 radical (unpaired) electrons. The van der Waals surface area contributed by atoms with Gasteiger partial charge in [0.05, 0.1) is 0 Å². The summed E-state index contributed by atoms with van der Waals surface area (Å²) in [4.78, 5) is 31.9. The Hall–Kier alpha value is -15.1. The van der Waals surface area contributed by atoms with Crippen molar-refractivity contribution in [3.63, 3.8) is 0 Å². The van der Waals surface area contributed by atoms with Crippen LogP contribution < -0.4 is 26.4 Å². The second-order valence-corrected chi connectivity index (χ2v) is 69.2. The fraction of sp³-hybridized carbons (Fsp3) is 0.0476. The van der Waals surface area contributed by atoms with E-state index in [1.54, 1.807) is 0 Å². The third kappa shape index (κ3) is 13.1. The van der Waals surface area contributed by atoms with Gasteiger partial charge in [-0.2, -0.15) is 0 Å². The van der Waals surface area contributed by atoms with Gasteiger partial charge in [-0.1, -0.05) is 0 Å². The van der Waals surface area contributed by atoms with Crippen molar-refractivity contribution in [1.29, 1.82) is 0 Å². The Kier molecular flexibility index (Phi) is 19.4. The van der Waals surface area contributed by atoms with E-state index in [4.69, 9.17) is 29.9 Å².